The van der Waals surface area contributed by atoms with Crippen molar-refractivity contribution in [1.29, 1.82) is 0 Å². The Labute approximate surface area is 169 Å². The fourth-order valence-corrected chi connectivity index (χ4v) is 4.20. The van der Waals surface area contributed by atoms with E-state index in [2.05, 4.69) is 10.6 Å². The first-order valence-electron chi connectivity index (χ1n) is 9.65. The normalized spacial score (nSPS) is 23.1. The van der Waals surface area contributed by atoms with Gasteiger partial charge in [-0.05, 0) is 42.2 Å². The maximum atomic E-state index is 13.5. The number of carbonyl (C=O) groups is 2. The van der Waals surface area contributed by atoms with E-state index in [0.717, 1.165) is 22.6 Å². The molecule has 0 spiro atoms. The van der Waals surface area contributed by atoms with E-state index < -0.39 is 17.9 Å². The van der Waals surface area contributed by atoms with E-state index in [1.54, 1.807) is 7.11 Å². The molecular formula is C23H24N2O4. The molecule has 1 aliphatic heterocycles. The van der Waals surface area contributed by atoms with Crippen LogP contribution in [0, 0.1) is 11.8 Å². The van der Waals surface area contributed by atoms with Crippen molar-refractivity contribution < 1.29 is 19.1 Å². The first kappa shape index (κ1) is 19.1. The van der Waals surface area contributed by atoms with E-state index in [-0.39, 0.29) is 11.7 Å². The van der Waals surface area contributed by atoms with Crippen molar-refractivity contribution in [1.82, 2.24) is 0 Å². The zero-order chi connectivity index (χ0) is 20.5. The highest BCUT2D eigenvalue weighted by atomic mass is 16.5. The van der Waals surface area contributed by atoms with Gasteiger partial charge in [0.05, 0.1) is 31.6 Å². The lowest BCUT2D eigenvalue weighted by atomic mass is 9.75. The molecule has 0 fully saturated rings. The van der Waals surface area contributed by atoms with Gasteiger partial charge in [0.2, 0.25) is 0 Å². The van der Waals surface area contributed by atoms with Crippen LogP contribution in [0.1, 0.15) is 24.9 Å². The average molecular weight is 392 g/mol. The van der Waals surface area contributed by atoms with Crippen LogP contribution in [0.15, 0.2) is 59.8 Å². The number of hydrogen-bond donors (Lipinski definition) is 2. The number of ketones is 1. The Kier molecular flexibility index (Phi) is 5.01. The van der Waals surface area contributed by atoms with Crippen LogP contribution in [0.25, 0.3) is 0 Å². The minimum Gasteiger partial charge on any atom is -0.497 e. The van der Waals surface area contributed by atoms with Crippen LogP contribution in [-0.2, 0) is 14.3 Å². The van der Waals surface area contributed by atoms with Crippen LogP contribution in [0.3, 0.4) is 0 Å². The molecule has 150 valence electrons. The lowest BCUT2D eigenvalue weighted by molar-refractivity contribution is -0.151. The highest BCUT2D eigenvalue weighted by Gasteiger charge is 2.44. The third-order valence-electron chi connectivity index (χ3n) is 5.65. The van der Waals surface area contributed by atoms with Crippen molar-refractivity contribution in [3.63, 3.8) is 0 Å². The second-order valence-corrected chi connectivity index (χ2v) is 7.46. The Morgan fingerprint density at radius 2 is 1.83 bits per heavy atom. The van der Waals surface area contributed by atoms with Gasteiger partial charge < -0.3 is 20.1 Å². The van der Waals surface area contributed by atoms with E-state index in [1.807, 2.05) is 55.5 Å². The number of fused-ring (bicyclic) bond motifs is 1. The molecule has 2 N–H and O–H groups in total. The van der Waals surface area contributed by atoms with Crippen LogP contribution in [-0.4, -0.2) is 26.0 Å². The standard InChI is InChI=1S/C23H24N2O4/c1-13-11-18-20(22(26)19(13)23(27)29-3)21(14-7-6-8-15(12-14)28-2)25-17-10-5-4-9-16(17)24-18/h4-10,12-13,19,21,24-25H,11H2,1-3H3/t13-,19+,21-/m0/s1. The fourth-order valence-electron chi connectivity index (χ4n) is 4.20. The van der Waals surface area contributed by atoms with Crippen molar-refractivity contribution in [3.8, 4) is 5.75 Å². The number of anilines is 2. The van der Waals surface area contributed by atoms with Crippen LogP contribution in [0.2, 0.25) is 0 Å². The van der Waals surface area contributed by atoms with E-state index >= 15 is 0 Å². The first-order chi connectivity index (χ1) is 14.0. The van der Waals surface area contributed by atoms with Gasteiger partial charge in [-0.15, -0.1) is 0 Å². The molecule has 2 aromatic rings. The largest absolute Gasteiger partial charge is 0.497 e. The van der Waals surface area contributed by atoms with Crippen molar-refractivity contribution in [2.24, 2.45) is 11.8 Å². The summed E-state index contributed by atoms with van der Waals surface area (Å²) in [5.74, 6) is -0.946. The third-order valence-corrected chi connectivity index (χ3v) is 5.65. The molecule has 0 amide bonds. The number of methoxy groups -OCH3 is 2. The van der Waals surface area contributed by atoms with Gasteiger partial charge in [-0.1, -0.05) is 31.2 Å². The summed E-state index contributed by atoms with van der Waals surface area (Å²) >= 11 is 0. The predicted molar refractivity (Wildman–Crippen MR) is 111 cm³/mol. The summed E-state index contributed by atoms with van der Waals surface area (Å²) in [6, 6.07) is 15.1. The highest BCUT2D eigenvalue weighted by molar-refractivity contribution is 6.11. The van der Waals surface area contributed by atoms with Crippen LogP contribution in [0.5, 0.6) is 5.75 Å². The summed E-state index contributed by atoms with van der Waals surface area (Å²) < 4.78 is 10.3. The summed E-state index contributed by atoms with van der Waals surface area (Å²) in [6.45, 7) is 1.91. The lowest BCUT2D eigenvalue weighted by Crippen LogP contribution is -2.39. The molecule has 6 heteroatoms. The zero-order valence-electron chi connectivity index (χ0n) is 16.7. The Morgan fingerprint density at radius 1 is 1.07 bits per heavy atom. The van der Waals surface area contributed by atoms with Crippen molar-refractivity contribution in [3.05, 3.63) is 65.4 Å². The molecule has 29 heavy (non-hydrogen) atoms. The molecule has 2 aliphatic rings. The Morgan fingerprint density at radius 3 is 2.55 bits per heavy atom. The number of rotatable bonds is 3. The number of ether oxygens (including phenoxy) is 2. The summed E-state index contributed by atoms with van der Waals surface area (Å²) in [4.78, 5) is 25.9. The summed E-state index contributed by atoms with van der Waals surface area (Å²) in [7, 11) is 2.94. The smallest absolute Gasteiger partial charge is 0.316 e. The van der Waals surface area contributed by atoms with Gasteiger partial charge in [-0.2, -0.15) is 0 Å². The fraction of sp³-hybridized carbons (Fsp3) is 0.304. The number of nitrogens with one attached hydrogen (secondary N) is 2. The SMILES string of the molecule is COC(=O)[C@H]1C(=O)C2=C(C[C@@H]1C)Nc1ccccc1N[C@H]2c1cccc(OC)c1. The Bertz CT molecular complexity index is 998. The molecule has 2 aromatic carbocycles. The zero-order valence-corrected chi connectivity index (χ0v) is 16.7. The summed E-state index contributed by atoms with van der Waals surface area (Å²) in [5.41, 5.74) is 4.10. The van der Waals surface area contributed by atoms with E-state index in [1.165, 1.54) is 7.11 Å². The molecule has 1 heterocycles. The second-order valence-electron chi connectivity index (χ2n) is 7.46. The number of para-hydroxylation sites is 2. The van der Waals surface area contributed by atoms with Gasteiger partial charge in [0.1, 0.15) is 11.7 Å². The molecular weight excluding hydrogens is 368 g/mol. The Balaban J connectivity index is 1.87. The molecule has 6 nitrogen and oxygen atoms in total. The van der Waals surface area contributed by atoms with Crippen LogP contribution in [0.4, 0.5) is 11.4 Å². The molecule has 4 rings (SSSR count). The maximum Gasteiger partial charge on any atom is 0.316 e. The van der Waals surface area contributed by atoms with Gasteiger partial charge in [-0.3, -0.25) is 9.59 Å². The first-order valence-corrected chi connectivity index (χ1v) is 9.65. The molecule has 0 aromatic heterocycles. The van der Waals surface area contributed by atoms with Gasteiger partial charge in [0.25, 0.3) is 0 Å². The quantitative estimate of drug-likeness (QED) is 0.609. The number of Topliss-reactive ketones (excluding diaryl/α,β-unsaturated/α-hetero) is 1. The predicted octanol–water partition coefficient (Wildman–Crippen LogP) is 3.93. The molecule has 1 aliphatic carbocycles. The molecule has 0 saturated carbocycles. The van der Waals surface area contributed by atoms with E-state index in [0.29, 0.717) is 17.7 Å². The average Bonchev–Trinajstić information content (AvgIpc) is 2.90. The number of benzene rings is 2. The van der Waals surface area contributed by atoms with Crippen molar-refractivity contribution in [2.45, 2.75) is 19.4 Å². The minimum absolute atomic E-state index is 0.155. The van der Waals surface area contributed by atoms with Gasteiger partial charge >= 0.3 is 5.97 Å². The van der Waals surface area contributed by atoms with Gasteiger partial charge in [0.15, 0.2) is 5.78 Å². The molecule has 3 atom stereocenters. The molecule has 0 bridgehead atoms. The minimum atomic E-state index is -0.809. The summed E-state index contributed by atoms with van der Waals surface area (Å²) in [6.07, 6.45) is 0.581. The number of hydrogen-bond acceptors (Lipinski definition) is 6. The number of esters is 1. The van der Waals surface area contributed by atoms with Crippen LogP contribution < -0.4 is 15.4 Å². The van der Waals surface area contributed by atoms with Gasteiger partial charge in [-0.25, -0.2) is 0 Å². The van der Waals surface area contributed by atoms with Crippen molar-refractivity contribution in [2.75, 3.05) is 24.9 Å². The van der Waals surface area contributed by atoms with Crippen molar-refractivity contribution >= 4 is 23.1 Å². The van der Waals surface area contributed by atoms with E-state index in [9.17, 15) is 9.59 Å². The highest BCUT2D eigenvalue weighted by Crippen LogP contribution is 2.44. The molecule has 0 radical (unpaired) electrons. The van der Waals surface area contributed by atoms with E-state index in [4.69, 9.17) is 9.47 Å². The monoisotopic (exact) mass is 392 g/mol. The summed E-state index contributed by atoms with van der Waals surface area (Å²) in [5, 5.41) is 6.94. The third kappa shape index (κ3) is 3.35. The Hall–Kier alpha value is -3.28. The van der Waals surface area contributed by atoms with Crippen LogP contribution >= 0.6 is 0 Å². The number of carbonyl (C=O) groups excluding carboxylic acids is 2. The molecule has 0 unspecified atom stereocenters. The van der Waals surface area contributed by atoms with Gasteiger partial charge in [0, 0.05) is 11.3 Å². The topological polar surface area (TPSA) is 76.7 Å². The lowest BCUT2D eigenvalue weighted by Gasteiger charge is -2.32. The maximum absolute atomic E-state index is 13.5. The molecule has 0 saturated heterocycles. The number of allylic oxidation sites excluding steroid dienone is 1. The second kappa shape index (κ2) is 7.62.